The molecule has 0 bridgehead atoms. The maximum absolute atomic E-state index is 13.2. The first kappa shape index (κ1) is 19.5. The predicted octanol–water partition coefficient (Wildman–Crippen LogP) is 1.03. The van der Waals surface area contributed by atoms with Crippen LogP contribution < -0.4 is 21.9 Å². The highest BCUT2D eigenvalue weighted by Gasteiger charge is 2.19. The number of benzene rings is 1. The minimum Gasteiger partial charge on any atom is -0.398 e. The first-order valence-electron chi connectivity index (χ1n) is 9.08. The molecule has 0 fully saturated rings. The Morgan fingerprint density at radius 1 is 1.32 bits per heavy atom. The second kappa shape index (κ2) is 8.15. The third-order valence-electron chi connectivity index (χ3n) is 4.42. The van der Waals surface area contributed by atoms with Crippen LogP contribution in [0.25, 0.3) is 11.0 Å². The summed E-state index contributed by atoms with van der Waals surface area (Å²) in [4.78, 5) is 19.7. The molecule has 0 amide bonds. The van der Waals surface area contributed by atoms with Crippen LogP contribution in [-0.2, 0) is 13.1 Å². The second-order valence-electron chi connectivity index (χ2n) is 6.82. The molecule has 0 radical (unpaired) electrons. The molecule has 146 valence electrons. The molecule has 28 heavy (non-hydrogen) atoms. The van der Waals surface area contributed by atoms with E-state index in [1.807, 2.05) is 41.6 Å². The van der Waals surface area contributed by atoms with Gasteiger partial charge in [-0.2, -0.15) is 5.10 Å². The summed E-state index contributed by atoms with van der Waals surface area (Å²) in [5, 5.41) is 4.29. The number of anilines is 2. The number of hydrogen-bond acceptors (Lipinski definition) is 6. The van der Waals surface area contributed by atoms with Crippen molar-refractivity contribution in [2.24, 2.45) is 5.73 Å². The molecular weight excluding hydrogens is 354 g/mol. The van der Waals surface area contributed by atoms with Crippen LogP contribution in [0.4, 0.5) is 11.6 Å². The van der Waals surface area contributed by atoms with Crippen molar-refractivity contribution < 1.29 is 0 Å². The van der Waals surface area contributed by atoms with Crippen LogP contribution in [0, 0.1) is 11.8 Å². The number of para-hydroxylation sites is 1. The number of hydrogen-bond donors (Lipinski definition) is 2. The first-order valence-corrected chi connectivity index (χ1v) is 9.08. The Bertz CT molecular complexity index is 1100. The van der Waals surface area contributed by atoms with Crippen LogP contribution in [0.1, 0.15) is 19.4 Å². The molecule has 8 nitrogen and oxygen atoms in total. The zero-order valence-electron chi connectivity index (χ0n) is 16.4. The van der Waals surface area contributed by atoms with Gasteiger partial charge in [-0.1, -0.05) is 24.1 Å². The van der Waals surface area contributed by atoms with E-state index in [0.717, 1.165) is 5.56 Å². The Morgan fingerprint density at radius 3 is 2.75 bits per heavy atom. The van der Waals surface area contributed by atoms with Crippen LogP contribution in [0.5, 0.6) is 0 Å². The summed E-state index contributed by atoms with van der Waals surface area (Å²) >= 11 is 0. The molecule has 1 aromatic carbocycles. The van der Waals surface area contributed by atoms with Crippen molar-refractivity contribution in [1.82, 2.24) is 19.3 Å². The number of fused-ring (bicyclic) bond motifs is 1. The number of nitrogens with two attached hydrogens (primary N) is 2. The van der Waals surface area contributed by atoms with E-state index in [9.17, 15) is 4.79 Å². The van der Waals surface area contributed by atoms with Gasteiger partial charge in [0.15, 0.2) is 0 Å². The van der Waals surface area contributed by atoms with Gasteiger partial charge < -0.3 is 16.4 Å². The van der Waals surface area contributed by atoms with Gasteiger partial charge in [0.25, 0.3) is 5.56 Å². The fourth-order valence-electron chi connectivity index (χ4n) is 3.14. The summed E-state index contributed by atoms with van der Waals surface area (Å²) in [6.07, 6.45) is 1.61. The molecular formula is C20H25N7O. The van der Waals surface area contributed by atoms with Crippen molar-refractivity contribution in [3.63, 3.8) is 0 Å². The highest BCUT2D eigenvalue weighted by molar-refractivity contribution is 5.77. The van der Waals surface area contributed by atoms with E-state index >= 15 is 0 Å². The van der Waals surface area contributed by atoms with E-state index in [2.05, 4.69) is 21.9 Å². The lowest BCUT2D eigenvalue weighted by atomic mass is 10.2. The number of aromatic nitrogens is 4. The number of nitrogen functional groups attached to an aromatic ring is 1. The molecule has 0 saturated carbocycles. The van der Waals surface area contributed by atoms with E-state index < -0.39 is 0 Å². The Balaban J connectivity index is 2.13. The molecule has 2 heterocycles. The lowest BCUT2D eigenvalue weighted by molar-refractivity contribution is 0.642. The van der Waals surface area contributed by atoms with Gasteiger partial charge >= 0.3 is 0 Å². The molecule has 3 rings (SSSR count). The third-order valence-corrected chi connectivity index (χ3v) is 4.42. The predicted molar refractivity (Wildman–Crippen MR) is 112 cm³/mol. The monoisotopic (exact) mass is 379 g/mol. The van der Waals surface area contributed by atoms with Crippen LogP contribution in [0.3, 0.4) is 0 Å². The smallest absolute Gasteiger partial charge is 0.293 e. The summed E-state index contributed by atoms with van der Waals surface area (Å²) in [5.41, 5.74) is 14.2. The molecule has 1 atom stereocenters. The fraction of sp³-hybridized carbons (Fsp3) is 0.350. The van der Waals surface area contributed by atoms with Gasteiger partial charge in [-0.15, -0.1) is 5.92 Å². The minimum absolute atomic E-state index is 0.0358. The van der Waals surface area contributed by atoms with Crippen LogP contribution in [0.15, 0.2) is 35.3 Å². The Morgan fingerprint density at radius 2 is 2.07 bits per heavy atom. The first-order chi connectivity index (χ1) is 13.4. The molecule has 3 aromatic rings. The number of rotatable bonds is 6. The second-order valence-corrected chi connectivity index (χ2v) is 6.82. The third kappa shape index (κ3) is 3.85. The molecule has 4 N–H and O–H groups in total. The number of likely N-dealkylation sites (N-methyl/N-ethyl adjacent to an activating group) is 1. The van der Waals surface area contributed by atoms with Crippen molar-refractivity contribution in [3.8, 4) is 11.8 Å². The average Bonchev–Trinajstić information content (AvgIpc) is 3.03. The Labute approximate surface area is 163 Å². The van der Waals surface area contributed by atoms with Gasteiger partial charge in [0.1, 0.15) is 11.0 Å². The van der Waals surface area contributed by atoms with Crippen molar-refractivity contribution in [2.45, 2.75) is 33.0 Å². The molecule has 0 aliphatic rings. The van der Waals surface area contributed by atoms with Crippen molar-refractivity contribution in [1.29, 1.82) is 0 Å². The zero-order chi connectivity index (χ0) is 20.3. The van der Waals surface area contributed by atoms with Crippen molar-refractivity contribution >= 4 is 22.7 Å². The van der Waals surface area contributed by atoms with Gasteiger partial charge in [0.05, 0.1) is 19.3 Å². The normalized spacial score (nSPS) is 11.9. The van der Waals surface area contributed by atoms with Crippen molar-refractivity contribution in [3.05, 3.63) is 46.4 Å². The van der Waals surface area contributed by atoms with E-state index in [1.165, 1.54) is 4.68 Å². The van der Waals surface area contributed by atoms with Crippen LogP contribution >= 0.6 is 0 Å². The average molecular weight is 379 g/mol. The number of imidazole rings is 1. The lowest BCUT2D eigenvalue weighted by Crippen LogP contribution is -2.34. The summed E-state index contributed by atoms with van der Waals surface area (Å²) in [6.45, 7) is 4.94. The zero-order valence-corrected chi connectivity index (χ0v) is 16.4. The molecule has 0 unspecified atom stereocenters. The topological polar surface area (TPSA) is 108 Å². The Hall–Kier alpha value is -3.31. The summed E-state index contributed by atoms with van der Waals surface area (Å²) in [5.74, 6) is 6.54. The van der Waals surface area contributed by atoms with Crippen LogP contribution in [-0.4, -0.2) is 39.0 Å². The van der Waals surface area contributed by atoms with Crippen molar-refractivity contribution in [2.75, 3.05) is 24.2 Å². The highest BCUT2D eigenvalue weighted by Crippen LogP contribution is 2.19. The summed E-state index contributed by atoms with van der Waals surface area (Å²) in [7, 11) is 1.90. The summed E-state index contributed by atoms with van der Waals surface area (Å²) < 4.78 is 3.23. The van der Waals surface area contributed by atoms with Gasteiger partial charge in [-0.3, -0.25) is 9.36 Å². The van der Waals surface area contributed by atoms with Gasteiger partial charge in [0.2, 0.25) is 5.95 Å². The van der Waals surface area contributed by atoms with Gasteiger partial charge in [-0.05, 0) is 25.5 Å². The van der Waals surface area contributed by atoms with Crippen LogP contribution in [0.2, 0.25) is 0 Å². The standard InChI is InChI=1S/C20H25N7O/c1-4-5-10-26-18-17(24-20(26)25(3)12-14(2)21)11-23-27(19(18)28)13-15-8-6-7-9-16(15)22/h6-9,11,14H,10,12-13,21-22H2,1-3H3/t14-/m0/s1. The highest BCUT2D eigenvalue weighted by atomic mass is 16.1. The van der Waals surface area contributed by atoms with E-state index in [4.69, 9.17) is 11.5 Å². The SMILES string of the molecule is CC#CCn1c(N(C)C[C@H](C)N)nc2cnn(Cc3ccccc3N)c(=O)c21. The maximum atomic E-state index is 13.2. The largest absolute Gasteiger partial charge is 0.398 e. The summed E-state index contributed by atoms with van der Waals surface area (Å²) in [6, 6.07) is 7.40. The molecule has 0 saturated heterocycles. The van der Waals surface area contributed by atoms with Gasteiger partial charge in [0, 0.05) is 25.3 Å². The molecule has 8 heteroatoms. The molecule has 0 spiro atoms. The minimum atomic E-state index is -0.230. The molecule has 0 aliphatic carbocycles. The lowest BCUT2D eigenvalue weighted by Gasteiger charge is -2.20. The molecule has 2 aromatic heterocycles. The van der Waals surface area contributed by atoms with Gasteiger partial charge in [-0.25, -0.2) is 9.67 Å². The Kier molecular flexibility index (Phi) is 5.66. The fourth-order valence-corrected chi connectivity index (χ4v) is 3.14. The van der Waals surface area contributed by atoms with E-state index in [-0.39, 0.29) is 18.1 Å². The molecule has 0 aliphatic heterocycles. The number of nitrogens with zero attached hydrogens (tertiary/aromatic N) is 5. The van der Waals surface area contributed by atoms with E-state index in [0.29, 0.717) is 35.8 Å². The van der Waals surface area contributed by atoms with E-state index in [1.54, 1.807) is 19.2 Å². The maximum Gasteiger partial charge on any atom is 0.293 e. The quantitative estimate of drug-likeness (QED) is 0.489.